The van der Waals surface area contributed by atoms with E-state index in [1.807, 2.05) is 22.6 Å². The van der Waals surface area contributed by atoms with Crippen molar-refractivity contribution < 1.29 is 12.9 Å². The van der Waals surface area contributed by atoms with E-state index in [0.29, 0.717) is 22.2 Å². The molecule has 5 nitrogen and oxygen atoms in total. The third-order valence-electron chi connectivity index (χ3n) is 2.21. The first kappa shape index (κ1) is 14.6. The Morgan fingerprint density at radius 3 is 2.74 bits per heavy atom. The molecule has 1 aromatic carbocycles. The maximum atomic E-state index is 12.0. The van der Waals surface area contributed by atoms with Crippen molar-refractivity contribution in [2.45, 2.75) is 12.7 Å². The molecule has 0 aliphatic rings. The molecule has 0 unspecified atom stereocenters. The molecule has 2 rings (SSSR count). The van der Waals surface area contributed by atoms with Gasteiger partial charge in [0, 0.05) is 14.7 Å². The van der Waals surface area contributed by atoms with Gasteiger partial charge in [-0.2, -0.15) is 0 Å². The fourth-order valence-corrected chi connectivity index (χ4v) is 3.76. The van der Waals surface area contributed by atoms with Gasteiger partial charge in [-0.3, -0.25) is 4.72 Å². The van der Waals surface area contributed by atoms with Crippen LogP contribution < -0.4 is 4.72 Å². The quantitative estimate of drug-likeness (QED) is 0.783. The third kappa shape index (κ3) is 4.08. The van der Waals surface area contributed by atoms with Crippen LogP contribution in [-0.4, -0.2) is 13.6 Å². The first-order valence-corrected chi connectivity index (χ1v) is 8.34. The molecule has 0 bridgehead atoms. The molecule has 0 spiro atoms. The zero-order chi connectivity index (χ0) is 14.0. The van der Waals surface area contributed by atoms with Gasteiger partial charge in [0.25, 0.3) is 0 Å². The minimum atomic E-state index is -3.53. The molecule has 0 saturated carbocycles. The molecule has 0 atom stereocenters. The van der Waals surface area contributed by atoms with Gasteiger partial charge in [0.2, 0.25) is 10.0 Å². The second kappa shape index (κ2) is 5.68. The summed E-state index contributed by atoms with van der Waals surface area (Å²) in [5.74, 6) is 0.342. The standard InChI is InChI=1S/C11H10ClIN2O3S/c1-7-4-9(14-18-7)6-19(16,17)15-11-3-2-8(12)5-10(11)13/h2-5,15H,6H2,1H3. The first-order chi connectivity index (χ1) is 8.85. The van der Waals surface area contributed by atoms with Crippen molar-refractivity contribution in [3.8, 4) is 0 Å². The lowest BCUT2D eigenvalue weighted by atomic mass is 10.3. The molecule has 0 fully saturated rings. The summed E-state index contributed by atoms with van der Waals surface area (Å²) < 4.78 is 32.0. The van der Waals surface area contributed by atoms with E-state index in [4.69, 9.17) is 16.1 Å². The van der Waals surface area contributed by atoms with Crippen molar-refractivity contribution in [2.75, 3.05) is 4.72 Å². The van der Waals surface area contributed by atoms with Gasteiger partial charge < -0.3 is 4.52 Å². The molecule has 1 aromatic heterocycles. The molecule has 1 heterocycles. The molecular weight excluding hydrogens is 403 g/mol. The molecule has 0 aliphatic carbocycles. The Kier molecular flexibility index (Phi) is 4.36. The summed E-state index contributed by atoms with van der Waals surface area (Å²) in [6.45, 7) is 1.71. The predicted molar refractivity (Wildman–Crippen MR) is 81.7 cm³/mol. The van der Waals surface area contributed by atoms with Gasteiger partial charge in [0.15, 0.2) is 0 Å². The highest BCUT2D eigenvalue weighted by molar-refractivity contribution is 14.1. The van der Waals surface area contributed by atoms with Gasteiger partial charge in [-0.25, -0.2) is 8.42 Å². The number of nitrogens with one attached hydrogen (secondary N) is 1. The number of hydrogen-bond donors (Lipinski definition) is 1. The Morgan fingerprint density at radius 2 is 2.16 bits per heavy atom. The second-order valence-electron chi connectivity index (χ2n) is 3.91. The van der Waals surface area contributed by atoms with Crippen LogP contribution in [0.25, 0.3) is 0 Å². The van der Waals surface area contributed by atoms with Crippen LogP contribution in [0.1, 0.15) is 11.5 Å². The van der Waals surface area contributed by atoms with Crippen molar-refractivity contribution in [1.29, 1.82) is 0 Å². The molecule has 0 aliphatic heterocycles. The number of aryl methyl sites for hydroxylation is 1. The highest BCUT2D eigenvalue weighted by Gasteiger charge is 2.16. The Bertz CT molecular complexity index is 700. The molecule has 1 N–H and O–H groups in total. The predicted octanol–water partition coefficient (Wildman–Crippen LogP) is 3.18. The average molecular weight is 413 g/mol. The van der Waals surface area contributed by atoms with Gasteiger partial charge in [-0.15, -0.1) is 0 Å². The van der Waals surface area contributed by atoms with Gasteiger partial charge in [0.05, 0.1) is 5.69 Å². The summed E-state index contributed by atoms with van der Waals surface area (Å²) >= 11 is 7.83. The topological polar surface area (TPSA) is 72.2 Å². The molecule has 2 aromatic rings. The monoisotopic (exact) mass is 412 g/mol. The van der Waals surface area contributed by atoms with Crippen molar-refractivity contribution in [2.24, 2.45) is 0 Å². The SMILES string of the molecule is Cc1cc(CS(=O)(=O)Nc2ccc(Cl)cc2I)no1. The van der Waals surface area contributed by atoms with Crippen LogP contribution in [0.5, 0.6) is 0 Å². The number of anilines is 1. The number of aromatic nitrogens is 1. The molecule has 19 heavy (non-hydrogen) atoms. The zero-order valence-electron chi connectivity index (χ0n) is 9.85. The summed E-state index contributed by atoms with van der Waals surface area (Å²) in [4.78, 5) is 0. The normalized spacial score (nSPS) is 11.5. The summed E-state index contributed by atoms with van der Waals surface area (Å²) in [7, 11) is -3.53. The Balaban J connectivity index is 2.17. The van der Waals surface area contributed by atoms with E-state index in [9.17, 15) is 8.42 Å². The van der Waals surface area contributed by atoms with Gasteiger partial charge in [-0.05, 0) is 47.7 Å². The highest BCUT2D eigenvalue weighted by atomic mass is 127. The molecule has 102 valence electrons. The van der Waals surface area contributed by atoms with Crippen LogP contribution in [-0.2, 0) is 15.8 Å². The van der Waals surface area contributed by atoms with Crippen molar-refractivity contribution >= 4 is 49.9 Å². The number of benzene rings is 1. The fourth-order valence-electron chi connectivity index (χ4n) is 1.46. The number of halogens is 2. The average Bonchev–Trinajstić information content (AvgIpc) is 2.67. The minimum Gasteiger partial charge on any atom is -0.361 e. The number of sulfonamides is 1. The largest absolute Gasteiger partial charge is 0.361 e. The Morgan fingerprint density at radius 1 is 1.42 bits per heavy atom. The molecule has 0 radical (unpaired) electrons. The number of nitrogens with zero attached hydrogens (tertiary/aromatic N) is 1. The van der Waals surface area contributed by atoms with E-state index < -0.39 is 10.0 Å². The maximum Gasteiger partial charge on any atom is 0.238 e. The summed E-state index contributed by atoms with van der Waals surface area (Å²) in [6, 6.07) is 6.52. The van der Waals surface area contributed by atoms with E-state index in [2.05, 4.69) is 9.88 Å². The van der Waals surface area contributed by atoms with Crippen LogP contribution in [0.15, 0.2) is 28.8 Å². The molecule has 0 saturated heterocycles. The lowest BCUT2D eigenvalue weighted by Gasteiger charge is -2.08. The minimum absolute atomic E-state index is 0.233. The third-order valence-corrected chi connectivity index (χ3v) is 4.55. The summed E-state index contributed by atoms with van der Waals surface area (Å²) in [5, 5.41) is 4.22. The lowest BCUT2D eigenvalue weighted by molar-refractivity contribution is 0.392. The smallest absolute Gasteiger partial charge is 0.238 e. The van der Waals surface area contributed by atoms with E-state index in [0.717, 1.165) is 3.57 Å². The van der Waals surface area contributed by atoms with Crippen LogP contribution in [0.3, 0.4) is 0 Å². The fraction of sp³-hybridized carbons (Fsp3) is 0.182. The lowest BCUT2D eigenvalue weighted by Crippen LogP contribution is -2.16. The first-order valence-electron chi connectivity index (χ1n) is 5.23. The van der Waals surface area contributed by atoms with Crippen molar-refractivity contribution in [1.82, 2.24) is 5.16 Å². The van der Waals surface area contributed by atoms with E-state index in [1.54, 1.807) is 31.2 Å². The summed E-state index contributed by atoms with van der Waals surface area (Å²) in [6.07, 6.45) is 0. The summed E-state index contributed by atoms with van der Waals surface area (Å²) in [5.41, 5.74) is 0.860. The van der Waals surface area contributed by atoms with Gasteiger partial charge in [-0.1, -0.05) is 16.8 Å². The Labute approximate surface area is 129 Å². The molecular formula is C11H10ClIN2O3S. The Hall–Kier alpha value is -0.800. The second-order valence-corrected chi connectivity index (χ2v) is 7.24. The molecule has 8 heteroatoms. The number of rotatable bonds is 4. The maximum absolute atomic E-state index is 12.0. The van der Waals surface area contributed by atoms with Gasteiger partial charge in [0.1, 0.15) is 17.2 Å². The molecule has 0 amide bonds. The highest BCUT2D eigenvalue weighted by Crippen LogP contribution is 2.23. The van der Waals surface area contributed by atoms with Crippen LogP contribution in [0, 0.1) is 10.5 Å². The van der Waals surface area contributed by atoms with E-state index in [1.165, 1.54) is 0 Å². The van der Waals surface area contributed by atoms with Crippen molar-refractivity contribution in [3.63, 3.8) is 0 Å². The van der Waals surface area contributed by atoms with Gasteiger partial charge >= 0.3 is 0 Å². The van der Waals surface area contributed by atoms with E-state index in [-0.39, 0.29) is 5.75 Å². The van der Waals surface area contributed by atoms with Crippen molar-refractivity contribution in [3.05, 3.63) is 44.3 Å². The van der Waals surface area contributed by atoms with Crippen LogP contribution in [0.2, 0.25) is 5.02 Å². The van der Waals surface area contributed by atoms with Crippen LogP contribution >= 0.6 is 34.2 Å². The van der Waals surface area contributed by atoms with E-state index >= 15 is 0 Å². The zero-order valence-corrected chi connectivity index (χ0v) is 13.6. The number of hydrogen-bond acceptors (Lipinski definition) is 4. The van der Waals surface area contributed by atoms with Crippen LogP contribution in [0.4, 0.5) is 5.69 Å².